The first-order chi connectivity index (χ1) is 11.6. The largest absolute Gasteiger partial charge is 0.496 e. The topological polar surface area (TPSA) is 69.4 Å². The first-order valence-electron chi connectivity index (χ1n) is 7.39. The minimum Gasteiger partial charge on any atom is -0.496 e. The van der Waals surface area contributed by atoms with Gasteiger partial charge in [0.15, 0.2) is 0 Å². The van der Waals surface area contributed by atoms with Crippen LogP contribution in [0.2, 0.25) is 0 Å². The zero-order valence-electron chi connectivity index (χ0n) is 13.4. The molecule has 0 radical (unpaired) electrons. The quantitative estimate of drug-likeness (QED) is 0.537. The lowest BCUT2D eigenvalue weighted by molar-refractivity contribution is 0.102. The second-order valence-electron chi connectivity index (χ2n) is 5.50. The first-order valence-corrected chi connectivity index (χ1v) is 8.17. The minimum atomic E-state index is -0.236. The highest BCUT2D eigenvalue weighted by Crippen LogP contribution is 2.27. The van der Waals surface area contributed by atoms with E-state index in [1.807, 2.05) is 38.1 Å². The van der Waals surface area contributed by atoms with Gasteiger partial charge in [-0.25, -0.2) is 4.98 Å². The summed E-state index contributed by atoms with van der Waals surface area (Å²) in [5.74, 6) is 0.765. The molecule has 1 aromatic carbocycles. The molecule has 4 rings (SSSR count). The number of rotatable bonds is 3. The number of para-hydroxylation sites is 2. The van der Waals surface area contributed by atoms with Crippen molar-refractivity contribution in [2.24, 2.45) is 0 Å². The Hall–Kier alpha value is -2.80. The van der Waals surface area contributed by atoms with Gasteiger partial charge in [-0.05, 0) is 26.0 Å². The molecule has 0 spiro atoms. The molecule has 6 nitrogen and oxygen atoms in total. The lowest BCUT2D eigenvalue weighted by Gasteiger charge is -2.10. The Balaban J connectivity index is 1.94. The predicted octanol–water partition coefficient (Wildman–Crippen LogP) is 3.20. The van der Waals surface area contributed by atoms with Crippen LogP contribution in [0.25, 0.3) is 16.0 Å². The van der Waals surface area contributed by atoms with Gasteiger partial charge in [0.25, 0.3) is 0 Å². The Morgan fingerprint density at radius 1 is 1.25 bits per heavy atom. The number of benzene rings is 1. The highest BCUT2D eigenvalue weighted by molar-refractivity contribution is 7.11. The number of fused-ring (bicyclic) bond motifs is 3. The van der Waals surface area contributed by atoms with E-state index in [1.54, 1.807) is 17.7 Å². The van der Waals surface area contributed by atoms with E-state index in [9.17, 15) is 4.79 Å². The van der Waals surface area contributed by atoms with E-state index in [2.05, 4.69) is 14.3 Å². The molecular formula is C17H14N4O2S. The number of pyridine rings is 1. The van der Waals surface area contributed by atoms with E-state index in [1.165, 1.54) is 11.5 Å². The van der Waals surface area contributed by atoms with Gasteiger partial charge in [-0.3, -0.25) is 14.2 Å². The maximum atomic E-state index is 13.0. The third-order valence-corrected chi connectivity index (χ3v) is 4.72. The second kappa shape index (κ2) is 5.38. The minimum absolute atomic E-state index is 0.236. The van der Waals surface area contributed by atoms with Gasteiger partial charge in [0, 0.05) is 28.9 Å². The summed E-state index contributed by atoms with van der Waals surface area (Å²) < 4.78 is 11.5. The summed E-state index contributed by atoms with van der Waals surface area (Å²) in [6.45, 7) is 3.74. The molecule has 4 aromatic rings. The molecule has 0 bridgehead atoms. The third-order valence-electron chi connectivity index (χ3n) is 4.02. The smallest absolute Gasteiger partial charge is 0.248 e. The number of ketones is 1. The summed E-state index contributed by atoms with van der Waals surface area (Å²) in [4.78, 5) is 22.6. The van der Waals surface area contributed by atoms with Gasteiger partial charge in [-0.15, -0.1) is 0 Å². The summed E-state index contributed by atoms with van der Waals surface area (Å²) in [6.07, 6.45) is 1.65. The van der Waals surface area contributed by atoms with Crippen LogP contribution in [0.15, 0.2) is 30.5 Å². The average Bonchev–Trinajstić information content (AvgIpc) is 3.14. The summed E-state index contributed by atoms with van der Waals surface area (Å²) in [6, 6.07) is 7.68. The van der Waals surface area contributed by atoms with Gasteiger partial charge in [-0.1, -0.05) is 12.1 Å². The maximum absolute atomic E-state index is 13.0. The van der Waals surface area contributed by atoms with E-state index in [4.69, 9.17) is 4.74 Å². The molecule has 3 aromatic heterocycles. The average molecular weight is 338 g/mol. The summed E-state index contributed by atoms with van der Waals surface area (Å²) in [5, 5.41) is 0. The van der Waals surface area contributed by atoms with Crippen molar-refractivity contribution in [1.29, 1.82) is 0 Å². The molecule has 24 heavy (non-hydrogen) atoms. The van der Waals surface area contributed by atoms with Crippen molar-refractivity contribution >= 4 is 33.3 Å². The van der Waals surface area contributed by atoms with E-state index >= 15 is 0 Å². The molecule has 0 unspecified atom stereocenters. The fourth-order valence-corrected chi connectivity index (χ4v) is 3.65. The number of methoxy groups -OCH3 is 1. The van der Waals surface area contributed by atoms with E-state index in [0.29, 0.717) is 27.8 Å². The van der Waals surface area contributed by atoms with Gasteiger partial charge in [0.2, 0.25) is 16.6 Å². The molecule has 0 N–H and O–H groups in total. The monoisotopic (exact) mass is 338 g/mol. The van der Waals surface area contributed by atoms with Gasteiger partial charge in [0.1, 0.15) is 11.4 Å². The molecule has 7 heteroatoms. The van der Waals surface area contributed by atoms with Crippen molar-refractivity contribution in [1.82, 2.24) is 18.7 Å². The highest BCUT2D eigenvalue weighted by atomic mass is 32.1. The van der Waals surface area contributed by atoms with E-state index in [-0.39, 0.29) is 5.78 Å². The normalized spacial score (nSPS) is 11.3. The van der Waals surface area contributed by atoms with Crippen molar-refractivity contribution in [3.63, 3.8) is 0 Å². The number of nitrogens with zero attached hydrogens (tertiary/aromatic N) is 4. The number of hydrogen-bond donors (Lipinski definition) is 0. The number of aromatic nitrogens is 4. The molecule has 0 atom stereocenters. The summed E-state index contributed by atoms with van der Waals surface area (Å²) in [7, 11) is 1.59. The van der Waals surface area contributed by atoms with Gasteiger partial charge in [-0.2, -0.15) is 4.37 Å². The molecule has 0 aliphatic heterocycles. The molecule has 0 saturated heterocycles. The van der Waals surface area contributed by atoms with Crippen LogP contribution >= 0.6 is 11.5 Å². The van der Waals surface area contributed by atoms with E-state index in [0.717, 1.165) is 16.6 Å². The number of aryl methyl sites for hydroxylation is 1. The van der Waals surface area contributed by atoms with Gasteiger partial charge >= 0.3 is 0 Å². The second-order valence-corrected chi connectivity index (χ2v) is 6.23. The molecular weight excluding hydrogens is 324 g/mol. The molecule has 120 valence electrons. The molecule has 0 saturated carbocycles. The van der Waals surface area contributed by atoms with Crippen LogP contribution in [0, 0.1) is 13.8 Å². The lowest BCUT2D eigenvalue weighted by atomic mass is 10.1. The van der Waals surface area contributed by atoms with Crippen molar-refractivity contribution in [2.75, 3.05) is 7.11 Å². The van der Waals surface area contributed by atoms with Crippen LogP contribution in [0.5, 0.6) is 5.75 Å². The third kappa shape index (κ3) is 2.01. The Labute approximate surface area is 141 Å². The maximum Gasteiger partial charge on any atom is 0.248 e. The van der Waals surface area contributed by atoms with Crippen molar-refractivity contribution in [2.45, 2.75) is 13.8 Å². The van der Waals surface area contributed by atoms with Crippen LogP contribution in [0.4, 0.5) is 0 Å². The fraction of sp³-hybridized carbons (Fsp3) is 0.176. The number of carbonyl (C=O) groups is 1. The number of hydrogen-bond acceptors (Lipinski definition) is 6. The van der Waals surface area contributed by atoms with Crippen LogP contribution in [0.3, 0.4) is 0 Å². The van der Waals surface area contributed by atoms with Gasteiger partial charge < -0.3 is 4.74 Å². The predicted molar refractivity (Wildman–Crippen MR) is 92.1 cm³/mol. The van der Waals surface area contributed by atoms with Crippen LogP contribution in [0.1, 0.15) is 27.4 Å². The first kappa shape index (κ1) is 14.8. The van der Waals surface area contributed by atoms with Crippen molar-refractivity contribution in [3.05, 3.63) is 53.1 Å². The number of imidazole rings is 1. The lowest BCUT2D eigenvalue weighted by Crippen LogP contribution is -2.12. The zero-order valence-corrected chi connectivity index (χ0v) is 14.2. The van der Waals surface area contributed by atoms with Crippen LogP contribution < -0.4 is 4.74 Å². The number of ether oxygens (including phenoxy) is 1. The molecule has 3 heterocycles. The molecule has 0 aliphatic carbocycles. The van der Waals surface area contributed by atoms with Crippen molar-refractivity contribution < 1.29 is 9.53 Å². The number of carbonyl (C=O) groups excluding carboxylic acids is 1. The highest BCUT2D eigenvalue weighted by Gasteiger charge is 2.24. The zero-order chi connectivity index (χ0) is 16.8. The fourth-order valence-electron chi connectivity index (χ4n) is 2.91. The Bertz CT molecular complexity index is 1100. The van der Waals surface area contributed by atoms with Gasteiger partial charge in [0.05, 0.1) is 18.1 Å². The van der Waals surface area contributed by atoms with Crippen molar-refractivity contribution in [3.8, 4) is 5.75 Å². The summed E-state index contributed by atoms with van der Waals surface area (Å²) in [5.41, 5.74) is 3.66. The van der Waals surface area contributed by atoms with Crippen LogP contribution in [-0.4, -0.2) is 31.6 Å². The Morgan fingerprint density at radius 3 is 2.83 bits per heavy atom. The van der Waals surface area contributed by atoms with E-state index < -0.39 is 0 Å². The Morgan fingerprint density at radius 2 is 2.04 bits per heavy atom. The standard InChI is InChI=1S/C17H14N4O2S/c1-9-8-18-13(10(2)15(9)23-3)14(22)16-20-24-17-19-11-6-4-5-7-12(11)21(16)17/h4-8H,1-3H3. The molecule has 0 fully saturated rings. The molecule has 0 amide bonds. The summed E-state index contributed by atoms with van der Waals surface area (Å²) >= 11 is 1.20. The molecule has 0 aliphatic rings. The van der Waals surface area contributed by atoms with Crippen LogP contribution in [-0.2, 0) is 0 Å². The Kier molecular flexibility index (Phi) is 3.31. The SMILES string of the molecule is COc1c(C)cnc(C(=O)c2nsc3nc4ccccc4n23)c1C.